The van der Waals surface area contributed by atoms with Gasteiger partial charge < -0.3 is 10.1 Å². The maximum Gasteiger partial charge on any atom is 0.169 e. The van der Waals surface area contributed by atoms with Crippen LogP contribution in [0.1, 0.15) is 6.92 Å². The molecule has 1 N–H and O–H groups in total. The number of hydrogen-bond donors (Lipinski definition) is 1. The fourth-order valence-electron chi connectivity index (χ4n) is 1.13. The van der Waals surface area contributed by atoms with Gasteiger partial charge in [0.2, 0.25) is 0 Å². The second-order valence-electron chi connectivity index (χ2n) is 2.86. The highest BCUT2D eigenvalue weighted by Gasteiger charge is 2.15. The average Bonchev–Trinajstić information content (AvgIpc) is 2.05. The minimum atomic E-state index is 0.339. The minimum absolute atomic E-state index is 0.339. The van der Waals surface area contributed by atoms with E-state index in [0.29, 0.717) is 12.6 Å². The first-order chi connectivity index (χ1) is 5.75. The number of pyridine rings is 1. The zero-order chi connectivity index (χ0) is 8.55. The van der Waals surface area contributed by atoms with E-state index in [1.807, 2.05) is 6.07 Å². The summed E-state index contributed by atoms with van der Waals surface area (Å²) >= 11 is 3.34. The van der Waals surface area contributed by atoms with Crippen molar-refractivity contribution in [3.63, 3.8) is 0 Å². The van der Waals surface area contributed by atoms with Gasteiger partial charge in [-0.15, -0.1) is 0 Å². The third kappa shape index (κ3) is 1.39. The monoisotopic (exact) mass is 228 g/mol. The molecule has 1 unspecified atom stereocenters. The fourth-order valence-corrected chi connectivity index (χ4v) is 1.44. The SMILES string of the molecule is CC1COc2cc(Br)cnc2N1. The van der Waals surface area contributed by atoms with Crippen LogP contribution in [0.4, 0.5) is 5.82 Å². The Bertz CT molecular complexity index is 303. The van der Waals surface area contributed by atoms with E-state index in [2.05, 4.69) is 33.2 Å². The molecule has 2 heterocycles. The van der Waals surface area contributed by atoms with Crippen LogP contribution in [0.25, 0.3) is 0 Å². The Morgan fingerprint density at radius 2 is 2.58 bits per heavy atom. The lowest BCUT2D eigenvalue weighted by molar-refractivity contribution is 0.290. The minimum Gasteiger partial charge on any atom is -0.488 e. The summed E-state index contributed by atoms with van der Waals surface area (Å²) in [6.45, 7) is 2.76. The van der Waals surface area contributed by atoms with Crippen molar-refractivity contribution in [2.24, 2.45) is 0 Å². The summed E-state index contributed by atoms with van der Waals surface area (Å²) < 4.78 is 6.40. The lowest BCUT2D eigenvalue weighted by atomic mass is 10.3. The molecule has 4 heteroatoms. The van der Waals surface area contributed by atoms with E-state index in [1.54, 1.807) is 6.20 Å². The second kappa shape index (κ2) is 2.94. The molecule has 1 aliphatic rings. The molecule has 1 aliphatic heterocycles. The van der Waals surface area contributed by atoms with Crippen molar-refractivity contribution < 1.29 is 4.74 Å². The van der Waals surface area contributed by atoms with E-state index < -0.39 is 0 Å². The normalized spacial score (nSPS) is 20.7. The van der Waals surface area contributed by atoms with Crippen molar-refractivity contribution in [3.05, 3.63) is 16.7 Å². The van der Waals surface area contributed by atoms with E-state index >= 15 is 0 Å². The summed E-state index contributed by atoms with van der Waals surface area (Å²) in [6, 6.07) is 2.26. The number of nitrogens with zero attached hydrogens (tertiary/aromatic N) is 1. The molecule has 0 saturated carbocycles. The highest BCUT2D eigenvalue weighted by molar-refractivity contribution is 9.10. The van der Waals surface area contributed by atoms with Crippen LogP contribution in [0, 0.1) is 0 Å². The van der Waals surface area contributed by atoms with Crippen LogP contribution in [0.15, 0.2) is 16.7 Å². The first kappa shape index (κ1) is 7.86. The summed E-state index contributed by atoms with van der Waals surface area (Å²) in [7, 11) is 0. The number of halogens is 1. The van der Waals surface area contributed by atoms with Crippen molar-refractivity contribution in [1.82, 2.24) is 4.98 Å². The van der Waals surface area contributed by atoms with Gasteiger partial charge in [-0.25, -0.2) is 4.98 Å². The second-order valence-corrected chi connectivity index (χ2v) is 3.77. The van der Waals surface area contributed by atoms with E-state index in [9.17, 15) is 0 Å². The van der Waals surface area contributed by atoms with Crippen molar-refractivity contribution in [2.75, 3.05) is 11.9 Å². The number of fused-ring (bicyclic) bond motifs is 1. The average molecular weight is 229 g/mol. The molecule has 0 aliphatic carbocycles. The van der Waals surface area contributed by atoms with E-state index in [1.165, 1.54) is 0 Å². The van der Waals surface area contributed by atoms with Gasteiger partial charge in [0, 0.05) is 10.7 Å². The highest BCUT2D eigenvalue weighted by Crippen LogP contribution is 2.28. The number of aromatic nitrogens is 1. The lowest BCUT2D eigenvalue weighted by Gasteiger charge is -2.23. The molecule has 1 atom stereocenters. The van der Waals surface area contributed by atoms with Crippen LogP contribution in [0.3, 0.4) is 0 Å². The summed E-state index contributed by atoms with van der Waals surface area (Å²) in [5.74, 6) is 1.65. The predicted octanol–water partition coefficient (Wildman–Crippen LogP) is 2.04. The molecular formula is C8H9BrN2O. The van der Waals surface area contributed by atoms with E-state index in [-0.39, 0.29) is 0 Å². The third-order valence-electron chi connectivity index (χ3n) is 1.69. The summed E-state index contributed by atoms with van der Waals surface area (Å²) in [6.07, 6.45) is 1.76. The zero-order valence-electron chi connectivity index (χ0n) is 6.67. The first-order valence-electron chi connectivity index (χ1n) is 3.80. The van der Waals surface area contributed by atoms with Gasteiger partial charge >= 0.3 is 0 Å². The molecular weight excluding hydrogens is 220 g/mol. The van der Waals surface area contributed by atoms with Gasteiger partial charge in [0.25, 0.3) is 0 Å². The van der Waals surface area contributed by atoms with Gasteiger partial charge in [-0.3, -0.25) is 0 Å². The maximum absolute atomic E-state index is 5.46. The predicted molar refractivity (Wildman–Crippen MR) is 50.5 cm³/mol. The molecule has 64 valence electrons. The van der Waals surface area contributed by atoms with Gasteiger partial charge in [0.15, 0.2) is 11.6 Å². The maximum atomic E-state index is 5.46. The molecule has 0 radical (unpaired) electrons. The van der Waals surface area contributed by atoms with Gasteiger partial charge in [-0.2, -0.15) is 0 Å². The van der Waals surface area contributed by atoms with Gasteiger partial charge in [-0.1, -0.05) is 0 Å². The number of hydrogen-bond acceptors (Lipinski definition) is 3. The fraction of sp³-hybridized carbons (Fsp3) is 0.375. The Labute approximate surface area is 79.3 Å². The summed E-state index contributed by atoms with van der Waals surface area (Å²) in [5, 5.41) is 3.23. The molecule has 12 heavy (non-hydrogen) atoms. The Morgan fingerprint density at radius 1 is 1.75 bits per heavy atom. The van der Waals surface area contributed by atoms with Gasteiger partial charge in [0.1, 0.15) is 6.61 Å². The van der Waals surface area contributed by atoms with Gasteiger partial charge in [0.05, 0.1) is 6.04 Å². The Balaban J connectivity index is 2.37. The van der Waals surface area contributed by atoms with Crippen molar-refractivity contribution in [1.29, 1.82) is 0 Å². The van der Waals surface area contributed by atoms with Crippen LogP contribution < -0.4 is 10.1 Å². The number of anilines is 1. The molecule has 0 amide bonds. The molecule has 0 saturated heterocycles. The quantitative estimate of drug-likeness (QED) is 0.739. The largest absolute Gasteiger partial charge is 0.488 e. The number of rotatable bonds is 0. The first-order valence-corrected chi connectivity index (χ1v) is 4.60. The highest BCUT2D eigenvalue weighted by atomic mass is 79.9. The van der Waals surface area contributed by atoms with Crippen molar-refractivity contribution in [2.45, 2.75) is 13.0 Å². The van der Waals surface area contributed by atoms with E-state index in [0.717, 1.165) is 16.0 Å². The molecule has 1 aromatic heterocycles. The molecule has 0 spiro atoms. The molecule has 3 nitrogen and oxygen atoms in total. The van der Waals surface area contributed by atoms with Crippen LogP contribution in [0.2, 0.25) is 0 Å². The Kier molecular flexibility index (Phi) is 1.92. The van der Waals surface area contributed by atoms with E-state index in [4.69, 9.17) is 4.74 Å². The number of ether oxygens (including phenoxy) is 1. The zero-order valence-corrected chi connectivity index (χ0v) is 8.26. The van der Waals surface area contributed by atoms with Crippen molar-refractivity contribution >= 4 is 21.7 Å². The smallest absolute Gasteiger partial charge is 0.169 e. The number of nitrogens with one attached hydrogen (secondary N) is 1. The molecule has 0 fully saturated rings. The lowest BCUT2D eigenvalue weighted by Crippen LogP contribution is -2.28. The molecule has 0 aromatic carbocycles. The summed E-state index contributed by atoms with van der Waals surface area (Å²) in [4.78, 5) is 4.19. The van der Waals surface area contributed by atoms with Crippen LogP contribution in [-0.4, -0.2) is 17.6 Å². The Hall–Kier alpha value is -0.770. The van der Waals surface area contributed by atoms with Gasteiger partial charge in [-0.05, 0) is 28.9 Å². The third-order valence-corrected chi connectivity index (χ3v) is 2.12. The molecule has 2 rings (SSSR count). The summed E-state index contributed by atoms with van der Waals surface area (Å²) in [5.41, 5.74) is 0. The van der Waals surface area contributed by atoms with Crippen molar-refractivity contribution in [3.8, 4) is 5.75 Å². The van der Waals surface area contributed by atoms with Crippen LogP contribution in [0.5, 0.6) is 5.75 Å². The Morgan fingerprint density at radius 3 is 3.42 bits per heavy atom. The van der Waals surface area contributed by atoms with Crippen LogP contribution in [-0.2, 0) is 0 Å². The molecule has 0 bridgehead atoms. The molecule has 1 aromatic rings. The topological polar surface area (TPSA) is 34.1 Å². The standard InChI is InChI=1S/C8H9BrN2O/c1-5-4-12-7-2-6(9)3-10-8(7)11-5/h2-3,5H,4H2,1H3,(H,10,11). The van der Waals surface area contributed by atoms with Crippen LogP contribution >= 0.6 is 15.9 Å².